The fourth-order valence-corrected chi connectivity index (χ4v) is 1.92. The first-order chi connectivity index (χ1) is 8.74. The van der Waals surface area contributed by atoms with Gasteiger partial charge in [-0.05, 0) is 26.2 Å². The van der Waals surface area contributed by atoms with E-state index in [1.165, 1.54) is 0 Å². The lowest BCUT2D eigenvalue weighted by Gasteiger charge is -2.19. The van der Waals surface area contributed by atoms with E-state index in [9.17, 15) is 4.79 Å². The molecular weight excluding hydrogens is 232 g/mol. The van der Waals surface area contributed by atoms with Crippen molar-refractivity contribution in [1.82, 2.24) is 10.5 Å². The van der Waals surface area contributed by atoms with Crippen molar-refractivity contribution in [2.24, 2.45) is 0 Å². The molecule has 0 saturated carbocycles. The molecule has 0 fully saturated rings. The molecule has 1 N–H and O–H groups in total. The lowest BCUT2D eigenvalue weighted by atomic mass is 10.0. The number of nitrogens with one attached hydrogen (secondary N) is 1. The molecule has 2 rings (SSSR count). The average molecular weight is 250 g/mol. The second-order valence-corrected chi connectivity index (χ2v) is 4.48. The van der Waals surface area contributed by atoms with E-state index in [0.29, 0.717) is 5.76 Å². The molecule has 0 aromatic carbocycles. The summed E-state index contributed by atoms with van der Waals surface area (Å²) in [5.41, 5.74) is 0.812. The number of hydrogen-bond acceptors (Lipinski definition) is 4. The van der Waals surface area contributed by atoms with Crippen molar-refractivity contribution in [3.05, 3.63) is 29.7 Å². The Kier molecular flexibility index (Phi) is 4.52. The molecule has 1 aromatic heterocycles. The molecule has 1 atom stereocenters. The maximum Gasteiger partial charge on any atom is 0.246 e. The van der Waals surface area contributed by atoms with Gasteiger partial charge in [0.25, 0.3) is 0 Å². The normalized spacial score (nSPS) is 18.8. The van der Waals surface area contributed by atoms with Crippen LogP contribution >= 0.6 is 0 Å². The van der Waals surface area contributed by atoms with Crippen molar-refractivity contribution in [2.45, 2.75) is 38.8 Å². The van der Waals surface area contributed by atoms with E-state index in [0.717, 1.165) is 25.0 Å². The summed E-state index contributed by atoms with van der Waals surface area (Å²) in [6.07, 6.45) is 7.19. The highest BCUT2D eigenvalue weighted by Crippen LogP contribution is 2.10. The number of hydrogen-bond donors (Lipinski definition) is 1. The summed E-state index contributed by atoms with van der Waals surface area (Å²) in [4.78, 5) is 11.6. The Morgan fingerprint density at radius 3 is 3.17 bits per heavy atom. The van der Waals surface area contributed by atoms with Gasteiger partial charge in [-0.3, -0.25) is 4.79 Å². The van der Waals surface area contributed by atoms with Crippen LogP contribution in [0.2, 0.25) is 0 Å². The molecule has 98 valence electrons. The Bertz CT molecular complexity index is 426. The Hall–Kier alpha value is -1.62. The first kappa shape index (κ1) is 12.8. The fourth-order valence-electron chi connectivity index (χ4n) is 1.92. The van der Waals surface area contributed by atoms with Gasteiger partial charge >= 0.3 is 0 Å². The number of ether oxygens (including phenoxy) is 1. The van der Waals surface area contributed by atoms with Gasteiger partial charge in [-0.1, -0.05) is 17.3 Å². The van der Waals surface area contributed by atoms with Gasteiger partial charge in [0.1, 0.15) is 13.2 Å². The van der Waals surface area contributed by atoms with E-state index in [4.69, 9.17) is 9.26 Å². The molecule has 0 radical (unpaired) electrons. The highest BCUT2D eigenvalue weighted by atomic mass is 16.5. The van der Waals surface area contributed by atoms with Crippen LogP contribution in [0, 0.1) is 6.92 Å². The van der Waals surface area contributed by atoms with Crippen LogP contribution in [0.1, 0.15) is 30.7 Å². The topological polar surface area (TPSA) is 64.4 Å². The van der Waals surface area contributed by atoms with Crippen molar-refractivity contribution >= 4 is 5.91 Å². The molecule has 1 amide bonds. The van der Waals surface area contributed by atoms with Crippen molar-refractivity contribution < 1.29 is 14.1 Å². The smallest absolute Gasteiger partial charge is 0.246 e. The number of carbonyl (C=O) groups is 1. The van der Waals surface area contributed by atoms with Crippen LogP contribution in [0.25, 0.3) is 0 Å². The molecule has 0 bridgehead atoms. The molecule has 5 heteroatoms. The van der Waals surface area contributed by atoms with Crippen molar-refractivity contribution in [1.29, 1.82) is 0 Å². The second-order valence-electron chi connectivity index (χ2n) is 4.48. The third-order valence-electron chi connectivity index (χ3n) is 2.79. The first-order valence-corrected chi connectivity index (χ1v) is 6.18. The number of amides is 1. The zero-order chi connectivity index (χ0) is 12.8. The maximum absolute atomic E-state index is 11.6. The first-order valence-electron chi connectivity index (χ1n) is 6.18. The standard InChI is InChI=1S/C13H18N2O3/c1-10-7-12(18-15-10)8-17-9-13(16)14-11-5-3-2-4-6-11/h2-3,7,11H,4-6,8-9H2,1H3,(H,14,16). The molecule has 5 nitrogen and oxygen atoms in total. The van der Waals surface area contributed by atoms with Crippen LogP contribution in [0.15, 0.2) is 22.7 Å². The molecule has 1 aliphatic rings. The van der Waals surface area contributed by atoms with Gasteiger partial charge in [-0.2, -0.15) is 0 Å². The minimum Gasteiger partial charge on any atom is -0.364 e. The zero-order valence-electron chi connectivity index (χ0n) is 10.5. The lowest BCUT2D eigenvalue weighted by molar-refractivity contribution is -0.127. The van der Waals surface area contributed by atoms with E-state index >= 15 is 0 Å². The predicted octanol–water partition coefficient (Wildman–Crippen LogP) is 1.72. The Balaban J connectivity index is 1.64. The van der Waals surface area contributed by atoms with Crippen LogP contribution in [-0.4, -0.2) is 23.7 Å². The molecular formula is C13H18N2O3. The molecule has 1 aliphatic carbocycles. The number of carbonyl (C=O) groups excluding carboxylic acids is 1. The largest absolute Gasteiger partial charge is 0.364 e. The number of aryl methyl sites for hydroxylation is 1. The number of nitrogens with zero attached hydrogens (tertiary/aromatic N) is 1. The summed E-state index contributed by atoms with van der Waals surface area (Å²) in [5, 5.41) is 6.69. The Morgan fingerprint density at radius 1 is 1.61 bits per heavy atom. The Labute approximate surface area is 106 Å². The van der Waals surface area contributed by atoms with Gasteiger partial charge in [0.15, 0.2) is 5.76 Å². The molecule has 18 heavy (non-hydrogen) atoms. The van der Waals surface area contributed by atoms with Gasteiger partial charge < -0.3 is 14.6 Å². The number of allylic oxidation sites excluding steroid dienone is 1. The highest BCUT2D eigenvalue weighted by Gasteiger charge is 2.12. The van der Waals surface area contributed by atoms with Crippen LogP contribution in [0.5, 0.6) is 0 Å². The summed E-state index contributed by atoms with van der Waals surface area (Å²) in [5.74, 6) is 0.562. The van der Waals surface area contributed by atoms with Gasteiger partial charge in [0.2, 0.25) is 5.91 Å². The van der Waals surface area contributed by atoms with Crippen molar-refractivity contribution in [2.75, 3.05) is 6.61 Å². The summed E-state index contributed by atoms with van der Waals surface area (Å²) < 4.78 is 10.3. The van der Waals surface area contributed by atoms with Gasteiger partial charge in [-0.15, -0.1) is 0 Å². The quantitative estimate of drug-likeness (QED) is 0.808. The summed E-state index contributed by atoms with van der Waals surface area (Å²) in [7, 11) is 0. The van der Waals surface area contributed by atoms with Gasteiger partial charge in [0.05, 0.1) is 5.69 Å². The monoisotopic (exact) mass is 250 g/mol. The minimum absolute atomic E-state index is 0.0555. The van der Waals surface area contributed by atoms with Gasteiger partial charge in [-0.25, -0.2) is 0 Å². The van der Waals surface area contributed by atoms with Crippen molar-refractivity contribution in [3.8, 4) is 0 Å². The van der Waals surface area contributed by atoms with Crippen LogP contribution in [0.4, 0.5) is 0 Å². The molecule has 1 heterocycles. The van der Waals surface area contributed by atoms with E-state index in [1.54, 1.807) is 6.07 Å². The summed E-state index contributed by atoms with van der Waals surface area (Å²) >= 11 is 0. The van der Waals surface area contributed by atoms with Gasteiger partial charge in [0, 0.05) is 12.1 Å². The predicted molar refractivity (Wildman–Crippen MR) is 65.8 cm³/mol. The van der Waals surface area contributed by atoms with Crippen LogP contribution in [-0.2, 0) is 16.1 Å². The van der Waals surface area contributed by atoms with E-state index in [2.05, 4.69) is 22.6 Å². The Morgan fingerprint density at radius 2 is 2.50 bits per heavy atom. The lowest BCUT2D eigenvalue weighted by Crippen LogP contribution is -2.37. The second kappa shape index (κ2) is 6.35. The van der Waals surface area contributed by atoms with Crippen LogP contribution < -0.4 is 5.32 Å². The third kappa shape index (κ3) is 4.00. The molecule has 1 aromatic rings. The molecule has 1 unspecified atom stereocenters. The molecule has 0 aliphatic heterocycles. The van der Waals surface area contributed by atoms with Crippen molar-refractivity contribution in [3.63, 3.8) is 0 Å². The highest BCUT2D eigenvalue weighted by molar-refractivity contribution is 5.77. The average Bonchev–Trinajstić information content (AvgIpc) is 2.76. The number of rotatable bonds is 5. The fraction of sp³-hybridized carbons (Fsp3) is 0.538. The summed E-state index contributed by atoms with van der Waals surface area (Å²) in [6, 6.07) is 2.04. The SMILES string of the molecule is Cc1cc(COCC(=O)NC2CC=CCC2)on1. The molecule has 0 saturated heterocycles. The van der Waals surface area contributed by atoms with Crippen LogP contribution in [0.3, 0.4) is 0 Å². The summed E-state index contributed by atoms with van der Waals surface area (Å²) in [6.45, 7) is 2.18. The van der Waals surface area contributed by atoms with E-state index in [-0.39, 0.29) is 25.2 Å². The number of aromatic nitrogens is 1. The van der Waals surface area contributed by atoms with E-state index < -0.39 is 0 Å². The maximum atomic E-state index is 11.6. The van der Waals surface area contributed by atoms with E-state index in [1.807, 2.05) is 6.92 Å². The zero-order valence-corrected chi connectivity index (χ0v) is 10.5. The third-order valence-corrected chi connectivity index (χ3v) is 2.79. The molecule has 0 spiro atoms. The minimum atomic E-state index is -0.0773.